The van der Waals surface area contributed by atoms with Crippen LogP contribution in [0.25, 0.3) is 0 Å². The summed E-state index contributed by atoms with van der Waals surface area (Å²) >= 11 is 6.45. The van der Waals surface area contributed by atoms with Crippen molar-refractivity contribution in [2.75, 3.05) is 32.6 Å². The second-order valence-corrected chi connectivity index (χ2v) is 8.00. The Hall–Kier alpha value is -3.55. The van der Waals surface area contributed by atoms with Crippen molar-refractivity contribution >= 4 is 29.1 Å². The van der Waals surface area contributed by atoms with Crippen molar-refractivity contribution in [2.45, 2.75) is 13.0 Å². The first kappa shape index (κ1) is 25.1. The number of methoxy groups -OCH3 is 2. The van der Waals surface area contributed by atoms with E-state index in [1.54, 1.807) is 85.8 Å². The molecule has 2 amide bonds. The number of hydrogen-bond acceptors (Lipinski definition) is 5. The number of hydrogen-bond donors (Lipinski definition) is 2. The molecule has 0 fully saturated rings. The highest BCUT2D eigenvalue weighted by atomic mass is 35.5. The maximum Gasteiger partial charge on any atom is 0.255 e. The SMILES string of the molecule is COc1ccc(C(=O)N(CCCN)Cc2cc(NC(=O)c3cccc(OC)c3)ccc2Cl)cc1. The molecule has 0 aliphatic carbocycles. The molecular weight excluding hydrogens is 454 g/mol. The molecule has 34 heavy (non-hydrogen) atoms. The largest absolute Gasteiger partial charge is 0.497 e. The molecule has 0 radical (unpaired) electrons. The summed E-state index contributed by atoms with van der Waals surface area (Å²) in [6, 6.07) is 19.0. The van der Waals surface area contributed by atoms with Crippen LogP contribution >= 0.6 is 11.6 Å². The summed E-state index contributed by atoms with van der Waals surface area (Å²) in [7, 11) is 3.12. The summed E-state index contributed by atoms with van der Waals surface area (Å²) in [5, 5.41) is 3.38. The maximum atomic E-state index is 13.2. The summed E-state index contributed by atoms with van der Waals surface area (Å²) < 4.78 is 10.4. The number of nitrogens with one attached hydrogen (secondary N) is 1. The molecule has 0 aliphatic heterocycles. The standard InChI is InChI=1S/C26H28ClN3O4/c1-33-22-10-7-18(8-11-22)26(32)30(14-4-13-28)17-20-15-21(9-12-24(20)27)29-25(31)19-5-3-6-23(16-19)34-2/h3,5-12,15-16H,4,13-14,17,28H2,1-2H3,(H,29,31). The van der Waals surface area contributed by atoms with E-state index in [9.17, 15) is 9.59 Å². The Labute approximate surface area is 204 Å². The minimum Gasteiger partial charge on any atom is -0.497 e. The lowest BCUT2D eigenvalue weighted by Crippen LogP contribution is -2.32. The van der Waals surface area contributed by atoms with Gasteiger partial charge in [-0.15, -0.1) is 0 Å². The number of ether oxygens (including phenoxy) is 2. The molecule has 0 unspecified atom stereocenters. The molecule has 0 spiro atoms. The summed E-state index contributed by atoms with van der Waals surface area (Å²) in [5.74, 6) is 0.851. The first-order valence-electron chi connectivity index (χ1n) is 10.8. The van der Waals surface area contributed by atoms with Gasteiger partial charge in [0.25, 0.3) is 11.8 Å². The Balaban J connectivity index is 1.79. The Kier molecular flexibility index (Phi) is 8.90. The van der Waals surface area contributed by atoms with E-state index in [1.165, 1.54) is 0 Å². The van der Waals surface area contributed by atoms with Crippen LogP contribution in [0.1, 0.15) is 32.7 Å². The fourth-order valence-electron chi connectivity index (χ4n) is 3.40. The van der Waals surface area contributed by atoms with Crippen LogP contribution in [-0.4, -0.2) is 44.0 Å². The van der Waals surface area contributed by atoms with E-state index >= 15 is 0 Å². The van der Waals surface area contributed by atoms with Crippen molar-refractivity contribution in [3.8, 4) is 11.5 Å². The number of nitrogens with zero attached hydrogens (tertiary/aromatic N) is 1. The van der Waals surface area contributed by atoms with E-state index in [1.807, 2.05) is 0 Å². The van der Waals surface area contributed by atoms with Gasteiger partial charge in [0.15, 0.2) is 0 Å². The normalized spacial score (nSPS) is 10.5. The lowest BCUT2D eigenvalue weighted by atomic mass is 10.1. The second kappa shape index (κ2) is 12.1. The van der Waals surface area contributed by atoms with E-state index in [2.05, 4.69) is 5.32 Å². The van der Waals surface area contributed by atoms with E-state index < -0.39 is 0 Å². The van der Waals surface area contributed by atoms with E-state index in [0.717, 1.165) is 0 Å². The number of carbonyl (C=O) groups excluding carboxylic acids is 2. The van der Waals surface area contributed by atoms with Crippen LogP contribution in [0.15, 0.2) is 66.7 Å². The van der Waals surface area contributed by atoms with Crippen molar-refractivity contribution in [3.05, 3.63) is 88.4 Å². The molecule has 178 valence electrons. The second-order valence-electron chi connectivity index (χ2n) is 7.59. The third-order valence-electron chi connectivity index (χ3n) is 5.25. The zero-order valence-electron chi connectivity index (χ0n) is 19.2. The van der Waals surface area contributed by atoms with Gasteiger partial charge in [0.05, 0.1) is 14.2 Å². The molecule has 0 saturated carbocycles. The average molecular weight is 482 g/mol. The number of rotatable bonds is 10. The fraction of sp³-hybridized carbons (Fsp3) is 0.231. The third kappa shape index (κ3) is 6.50. The lowest BCUT2D eigenvalue weighted by molar-refractivity contribution is 0.0742. The highest BCUT2D eigenvalue weighted by Crippen LogP contribution is 2.24. The van der Waals surface area contributed by atoms with Crippen molar-refractivity contribution in [1.29, 1.82) is 0 Å². The van der Waals surface area contributed by atoms with Crippen LogP contribution in [0.3, 0.4) is 0 Å². The van der Waals surface area contributed by atoms with Crippen molar-refractivity contribution < 1.29 is 19.1 Å². The van der Waals surface area contributed by atoms with Gasteiger partial charge in [-0.1, -0.05) is 17.7 Å². The zero-order valence-corrected chi connectivity index (χ0v) is 20.0. The number of anilines is 1. The predicted octanol–water partition coefficient (Wildman–Crippen LogP) is 4.60. The lowest BCUT2D eigenvalue weighted by Gasteiger charge is -2.24. The molecule has 0 aromatic heterocycles. The molecule has 0 heterocycles. The van der Waals surface area contributed by atoms with Crippen molar-refractivity contribution in [2.24, 2.45) is 5.73 Å². The molecule has 0 atom stereocenters. The Morgan fingerprint density at radius 3 is 2.35 bits per heavy atom. The zero-order chi connectivity index (χ0) is 24.5. The number of benzene rings is 3. The number of amides is 2. The Morgan fingerprint density at radius 2 is 1.68 bits per heavy atom. The van der Waals surface area contributed by atoms with Crippen LogP contribution in [-0.2, 0) is 6.54 Å². The first-order valence-corrected chi connectivity index (χ1v) is 11.2. The molecule has 0 bridgehead atoms. The van der Waals surface area contributed by atoms with Crippen LogP contribution in [0, 0.1) is 0 Å². The number of carbonyl (C=O) groups is 2. The molecule has 3 rings (SSSR count). The Bertz CT molecular complexity index is 1140. The Morgan fingerprint density at radius 1 is 0.941 bits per heavy atom. The molecule has 3 N–H and O–H groups in total. The summed E-state index contributed by atoms with van der Waals surface area (Å²) in [6.45, 7) is 1.20. The van der Waals surface area contributed by atoms with Crippen molar-refractivity contribution in [1.82, 2.24) is 4.90 Å². The molecule has 0 aliphatic rings. The van der Waals surface area contributed by atoms with E-state index in [-0.39, 0.29) is 18.4 Å². The first-order chi connectivity index (χ1) is 16.4. The van der Waals surface area contributed by atoms with E-state index in [0.29, 0.717) is 58.4 Å². The topological polar surface area (TPSA) is 93.9 Å². The average Bonchev–Trinajstić information content (AvgIpc) is 2.87. The quantitative estimate of drug-likeness (QED) is 0.441. The van der Waals surface area contributed by atoms with Gasteiger partial charge < -0.3 is 25.4 Å². The molecule has 0 saturated heterocycles. The summed E-state index contributed by atoms with van der Waals surface area (Å²) in [4.78, 5) is 27.6. The fourth-order valence-corrected chi connectivity index (χ4v) is 3.57. The van der Waals surface area contributed by atoms with Gasteiger partial charge in [-0.2, -0.15) is 0 Å². The third-order valence-corrected chi connectivity index (χ3v) is 5.62. The van der Waals surface area contributed by atoms with E-state index in [4.69, 9.17) is 26.8 Å². The van der Waals surface area contributed by atoms with Gasteiger partial charge in [-0.3, -0.25) is 9.59 Å². The molecule has 3 aromatic carbocycles. The minimum atomic E-state index is -0.276. The molecule has 8 heteroatoms. The van der Waals surface area contributed by atoms with Crippen molar-refractivity contribution in [3.63, 3.8) is 0 Å². The van der Waals surface area contributed by atoms with Gasteiger partial charge in [0.2, 0.25) is 0 Å². The van der Waals surface area contributed by atoms with Gasteiger partial charge in [-0.25, -0.2) is 0 Å². The van der Waals surface area contributed by atoms with Crippen LogP contribution in [0.4, 0.5) is 5.69 Å². The van der Waals surface area contributed by atoms with Gasteiger partial charge in [0.1, 0.15) is 11.5 Å². The van der Waals surface area contributed by atoms with Gasteiger partial charge in [0, 0.05) is 34.9 Å². The number of nitrogens with two attached hydrogens (primary N) is 1. The van der Waals surface area contributed by atoms with Gasteiger partial charge in [-0.05, 0) is 79.2 Å². The number of halogens is 1. The monoisotopic (exact) mass is 481 g/mol. The van der Waals surface area contributed by atoms with Crippen LogP contribution in [0.2, 0.25) is 5.02 Å². The minimum absolute atomic E-state index is 0.141. The van der Waals surface area contributed by atoms with Crippen LogP contribution in [0.5, 0.6) is 11.5 Å². The predicted molar refractivity (Wildman–Crippen MR) is 134 cm³/mol. The highest BCUT2D eigenvalue weighted by molar-refractivity contribution is 6.31. The molecule has 3 aromatic rings. The molecular formula is C26H28ClN3O4. The smallest absolute Gasteiger partial charge is 0.255 e. The highest BCUT2D eigenvalue weighted by Gasteiger charge is 2.18. The van der Waals surface area contributed by atoms with Gasteiger partial charge >= 0.3 is 0 Å². The van der Waals surface area contributed by atoms with Crippen LogP contribution < -0.4 is 20.5 Å². The molecule has 7 nitrogen and oxygen atoms in total. The summed E-state index contributed by atoms with van der Waals surface area (Å²) in [5.41, 5.74) is 7.98. The maximum absolute atomic E-state index is 13.2. The summed E-state index contributed by atoms with van der Waals surface area (Å²) in [6.07, 6.45) is 0.645.